The molecule has 1 amide bonds. The van der Waals surface area contributed by atoms with Crippen LogP contribution in [0.3, 0.4) is 0 Å². The SMILES string of the molecule is CSCCC(C)N(C)C(=O)[C@@H]1CC[C@H](C(=O)O)C1. The van der Waals surface area contributed by atoms with E-state index in [9.17, 15) is 9.59 Å². The lowest BCUT2D eigenvalue weighted by Crippen LogP contribution is -2.39. The zero-order valence-electron chi connectivity index (χ0n) is 11.4. The minimum absolute atomic E-state index is 0.0900. The highest BCUT2D eigenvalue weighted by atomic mass is 32.2. The van der Waals surface area contributed by atoms with Crippen molar-refractivity contribution in [1.29, 1.82) is 0 Å². The molecule has 0 saturated heterocycles. The summed E-state index contributed by atoms with van der Waals surface area (Å²) in [6, 6.07) is 0.230. The second-order valence-electron chi connectivity index (χ2n) is 5.12. The first-order valence-corrected chi connectivity index (χ1v) is 7.85. The maximum absolute atomic E-state index is 12.2. The molecule has 0 bridgehead atoms. The van der Waals surface area contributed by atoms with Gasteiger partial charge in [0.05, 0.1) is 5.92 Å². The highest BCUT2D eigenvalue weighted by Crippen LogP contribution is 2.32. The number of carboxylic acid groups (broad SMARTS) is 1. The number of nitrogens with zero attached hydrogens (tertiary/aromatic N) is 1. The summed E-state index contributed by atoms with van der Waals surface area (Å²) in [7, 11) is 1.83. The van der Waals surface area contributed by atoms with Crippen molar-refractivity contribution in [2.75, 3.05) is 19.1 Å². The fourth-order valence-corrected chi connectivity index (χ4v) is 2.99. The topological polar surface area (TPSA) is 57.6 Å². The quantitative estimate of drug-likeness (QED) is 0.805. The van der Waals surface area contributed by atoms with Gasteiger partial charge in [0.25, 0.3) is 0 Å². The van der Waals surface area contributed by atoms with Crippen molar-refractivity contribution in [3.63, 3.8) is 0 Å². The first-order chi connectivity index (χ1) is 8.47. The Morgan fingerprint density at radius 1 is 1.39 bits per heavy atom. The third-order valence-corrected chi connectivity index (χ3v) is 4.52. The first-order valence-electron chi connectivity index (χ1n) is 6.45. The Hall–Kier alpha value is -0.710. The van der Waals surface area contributed by atoms with Gasteiger partial charge in [-0.2, -0.15) is 11.8 Å². The van der Waals surface area contributed by atoms with Gasteiger partial charge in [0.1, 0.15) is 0 Å². The summed E-state index contributed by atoms with van der Waals surface area (Å²) >= 11 is 1.78. The molecule has 5 heteroatoms. The van der Waals surface area contributed by atoms with E-state index in [2.05, 4.69) is 13.2 Å². The third-order valence-electron chi connectivity index (χ3n) is 3.88. The third kappa shape index (κ3) is 3.90. The number of hydrogen-bond acceptors (Lipinski definition) is 3. The number of aliphatic carboxylic acids is 1. The van der Waals surface area contributed by atoms with Gasteiger partial charge in [-0.15, -0.1) is 0 Å². The van der Waals surface area contributed by atoms with E-state index in [1.807, 2.05) is 7.05 Å². The molecule has 18 heavy (non-hydrogen) atoms. The molecule has 0 spiro atoms. The number of carboxylic acids is 1. The lowest BCUT2D eigenvalue weighted by atomic mass is 10.0. The molecule has 0 aliphatic heterocycles. The molecule has 104 valence electrons. The van der Waals surface area contributed by atoms with Crippen LogP contribution in [-0.2, 0) is 9.59 Å². The number of rotatable bonds is 6. The molecule has 1 rings (SSSR count). The van der Waals surface area contributed by atoms with Gasteiger partial charge in [0.15, 0.2) is 0 Å². The van der Waals surface area contributed by atoms with Gasteiger partial charge in [-0.1, -0.05) is 0 Å². The number of amides is 1. The van der Waals surface area contributed by atoms with Crippen molar-refractivity contribution in [3.8, 4) is 0 Å². The van der Waals surface area contributed by atoms with Crippen molar-refractivity contribution >= 4 is 23.6 Å². The fourth-order valence-electron chi connectivity index (χ4n) is 2.42. The zero-order chi connectivity index (χ0) is 13.7. The minimum atomic E-state index is -0.761. The van der Waals surface area contributed by atoms with Crippen molar-refractivity contribution in [2.45, 2.75) is 38.6 Å². The van der Waals surface area contributed by atoms with Crippen LogP contribution >= 0.6 is 11.8 Å². The zero-order valence-corrected chi connectivity index (χ0v) is 12.2. The van der Waals surface area contributed by atoms with Crippen LogP contribution in [0.4, 0.5) is 0 Å². The monoisotopic (exact) mass is 273 g/mol. The van der Waals surface area contributed by atoms with Gasteiger partial charge in [-0.05, 0) is 44.6 Å². The highest BCUT2D eigenvalue weighted by molar-refractivity contribution is 7.98. The molecule has 1 aliphatic rings. The second-order valence-corrected chi connectivity index (χ2v) is 6.11. The van der Waals surface area contributed by atoms with Crippen LogP contribution in [0.15, 0.2) is 0 Å². The average Bonchev–Trinajstić information content (AvgIpc) is 2.83. The number of thioether (sulfide) groups is 1. The number of hydrogen-bond donors (Lipinski definition) is 1. The van der Waals surface area contributed by atoms with Crippen molar-refractivity contribution in [3.05, 3.63) is 0 Å². The molecule has 0 aromatic carbocycles. The maximum atomic E-state index is 12.2. The lowest BCUT2D eigenvalue weighted by molar-refractivity contribution is -0.141. The van der Waals surface area contributed by atoms with Crippen molar-refractivity contribution in [1.82, 2.24) is 4.90 Å². The summed E-state index contributed by atoms with van der Waals surface area (Å²) in [5, 5.41) is 8.95. The second kappa shape index (κ2) is 7.02. The fraction of sp³-hybridized carbons (Fsp3) is 0.846. The van der Waals surface area contributed by atoms with Crippen LogP contribution in [0.1, 0.15) is 32.6 Å². The molecule has 1 fully saturated rings. The average molecular weight is 273 g/mol. The van der Waals surface area contributed by atoms with Crippen LogP contribution in [0.25, 0.3) is 0 Å². The highest BCUT2D eigenvalue weighted by Gasteiger charge is 2.35. The van der Waals surface area contributed by atoms with Crippen molar-refractivity contribution < 1.29 is 14.7 Å². The molecule has 1 aliphatic carbocycles. The summed E-state index contributed by atoms with van der Waals surface area (Å²) in [5.41, 5.74) is 0. The molecule has 4 nitrogen and oxygen atoms in total. The summed E-state index contributed by atoms with van der Waals surface area (Å²) in [5.74, 6) is -0.0151. The molecule has 1 saturated carbocycles. The Morgan fingerprint density at radius 2 is 2.00 bits per heavy atom. The first kappa shape index (κ1) is 15.3. The molecule has 1 N–H and O–H groups in total. The van der Waals surface area contributed by atoms with E-state index < -0.39 is 5.97 Å². The van der Waals surface area contributed by atoms with Crippen LogP contribution in [0.2, 0.25) is 0 Å². The van der Waals surface area contributed by atoms with Crippen LogP contribution in [0.5, 0.6) is 0 Å². The minimum Gasteiger partial charge on any atom is -0.481 e. The van der Waals surface area contributed by atoms with Gasteiger partial charge >= 0.3 is 5.97 Å². The van der Waals surface area contributed by atoms with E-state index in [0.29, 0.717) is 12.8 Å². The Kier molecular flexibility index (Phi) is 5.99. The standard InChI is InChI=1S/C13H23NO3S/c1-9(6-7-18-3)14(2)12(15)10-4-5-11(8-10)13(16)17/h9-11H,4-8H2,1-3H3,(H,16,17)/t9?,10-,11+/m1/s1. The molecule has 0 aromatic heterocycles. The van der Waals surface area contributed by atoms with Gasteiger partial charge in [-0.25, -0.2) is 0 Å². The molecular weight excluding hydrogens is 250 g/mol. The van der Waals surface area contributed by atoms with Gasteiger partial charge in [-0.3, -0.25) is 9.59 Å². The van der Waals surface area contributed by atoms with E-state index in [4.69, 9.17) is 5.11 Å². The largest absolute Gasteiger partial charge is 0.481 e. The van der Waals surface area contributed by atoms with E-state index in [1.54, 1.807) is 16.7 Å². The van der Waals surface area contributed by atoms with Gasteiger partial charge in [0, 0.05) is 19.0 Å². The van der Waals surface area contributed by atoms with Gasteiger partial charge in [0.2, 0.25) is 5.91 Å². The molecule has 0 radical (unpaired) electrons. The summed E-state index contributed by atoms with van der Waals surface area (Å²) < 4.78 is 0. The summed E-state index contributed by atoms with van der Waals surface area (Å²) in [6.07, 6.45) is 4.91. The Bertz CT molecular complexity index is 309. The van der Waals surface area contributed by atoms with E-state index >= 15 is 0 Å². The normalized spacial score (nSPS) is 24.8. The van der Waals surface area contributed by atoms with Crippen LogP contribution in [-0.4, -0.2) is 47.0 Å². The maximum Gasteiger partial charge on any atom is 0.306 e. The molecular formula is C13H23NO3S. The Morgan fingerprint density at radius 3 is 2.50 bits per heavy atom. The lowest BCUT2D eigenvalue weighted by Gasteiger charge is -2.27. The molecule has 0 heterocycles. The van der Waals surface area contributed by atoms with E-state index in [0.717, 1.165) is 18.6 Å². The van der Waals surface area contributed by atoms with E-state index in [1.165, 1.54) is 0 Å². The summed E-state index contributed by atoms with van der Waals surface area (Å²) in [6.45, 7) is 2.05. The number of carbonyl (C=O) groups is 2. The molecule has 0 aromatic rings. The predicted octanol–water partition coefficient (Wildman–Crippen LogP) is 2.09. The smallest absolute Gasteiger partial charge is 0.306 e. The molecule has 3 atom stereocenters. The van der Waals surface area contributed by atoms with E-state index in [-0.39, 0.29) is 23.8 Å². The van der Waals surface area contributed by atoms with Crippen LogP contribution in [0, 0.1) is 11.8 Å². The van der Waals surface area contributed by atoms with Crippen molar-refractivity contribution in [2.24, 2.45) is 11.8 Å². The van der Waals surface area contributed by atoms with Crippen LogP contribution < -0.4 is 0 Å². The predicted molar refractivity (Wildman–Crippen MR) is 73.7 cm³/mol. The summed E-state index contributed by atoms with van der Waals surface area (Å²) in [4.78, 5) is 24.9. The molecule has 1 unspecified atom stereocenters. The Labute approximate surface area is 113 Å². The number of carbonyl (C=O) groups excluding carboxylic acids is 1. The Balaban J connectivity index is 2.47. The van der Waals surface area contributed by atoms with Gasteiger partial charge < -0.3 is 10.0 Å².